The Kier molecular flexibility index (Phi) is 4.43. The summed E-state index contributed by atoms with van der Waals surface area (Å²) in [6, 6.07) is 1.92. The van der Waals surface area contributed by atoms with Crippen LogP contribution in [0.25, 0.3) is 0 Å². The van der Waals surface area contributed by atoms with Crippen LogP contribution in [0.15, 0.2) is 16.8 Å². The van der Waals surface area contributed by atoms with Crippen molar-refractivity contribution in [1.29, 1.82) is 0 Å². The van der Waals surface area contributed by atoms with E-state index in [9.17, 15) is 4.79 Å². The van der Waals surface area contributed by atoms with E-state index in [1.54, 1.807) is 11.3 Å². The summed E-state index contributed by atoms with van der Waals surface area (Å²) in [5, 5.41) is 3.92. The SMILES string of the molecule is O=C(c1ccsc1)N1CC[C@H]2OCCC[C@@]2(COCC2CC2)C1. The Morgan fingerprint density at radius 3 is 3.13 bits per heavy atom. The molecule has 0 N–H and O–H groups in total. The van der Waals surface area contributed by atoms with E-state index in [0.717, 1.165) is 63.7 Å². The van der Waals surface area contributed by atoms with Crippen LogP contribution in [-0.2, 0) is 9.47 Å². The zero-order valence-corrected chi connectivity index (χ0v) is 14.4. The number of hydrogen-bond acceptors (Lipinski definition) is 4. The predicted octanol–water partition coefficient (Wildman–Crippen LogP) is 3.19. The van der Waals surface area contributed by atoms with Gasteiger partial charge < -0.3 is 14.4 Å². The minimum absolute atomic E-state index is 0.00291. The first kappa shape index (κ1) is 15.6. The number of ether oxygens (including phenoxy) is 2. The van der Waals surface area contributed by atoms with E-state index in [0.29, 0.717) is 0 Å². The van der Waals surface area contributed by atoms with Crippen molar-refractivity contribution in [2.45, 2.75) is 38.2 Å². The fourth-order valence-electron chi connectivity index (χ4n) is 3.96. The van der Waals surface area contributed by atoms with E-state index >= 15 is 0 Å². The van der Waals surface area contributed by atoms with Gasteiger partial charge in [0.15, 0.2) is 0 Å². The largest absolute Gasteiger partial charge is 0.380 e. The van der Waals surface area contributed by atoms with Crippen molar-refractivity contribution in [1.82, 2.24) is 4.90 Å². The van der Waals surface area contributed by atoms with Crippen LogP contribution in [0.5, 0.6) is 0 Å². The van der Waals surface area contributed by atoms with Crippen LogP contribution >= 0.6 is 11.3 Å². The van der Waals surface area contributed by atoms with Gasteiger partial charge in [0, 0.05) is 37.1 Å². The molecule has 0 unspecified atom stereocenters. The molecule has 2 atom stereocenters. The van der Waals surface area contributed by atoms with Gasteiger partial charge in [-0.25, -0.2) is 0 Å². The number of amides is 1. The third-order valence-corrected chi connectivity index (χ3v) is 6.17. The van der Waals surface area contributed by atoms with Crippen molar-refractivity contribution in [3.8, 4) is 0 Å². The van der Waals surface area contributed by atoms with E-state index in [1.807, 2.05) is 21.7 Å². The lowest BCUT2D eigenvalue weighted by Gasteiger charge is -2.50. The van der Waals surface area contributed by atoms with E-state index in [-0.39, 0.29) is 17.4 Å². The van der Waals surface area contributed by atoms with E-state index in [4.69, 9.17) is 9.47 Å². The third-order valence-electron chi connectivity index (χ3n) is 5.48. The average Bonchev–Trinajstić information content (AvgIpc) is 3.24. The summed E-state index contributed by atoms with van der Waals surface area (Å²) in [7, 11) is 0. The summed E-state index contributed by atoms with van der Waals surface area (Å²) in [6.45, 7) is 4.04. The smallest absolute Gasteiger partial charge is 0.254 e. The molecule has 23 heavy (non-hydrogen) atoms. The van der Waals surface area contributed by atoms with Gasteiger partial charge in [0.1, 0.15) is 0 Å². The first-order chi connectivity index (χ1) is 11.3. The van der Waals surface area contributed by atoms with Crippen molar-refractivity contribution in [2.24, 2.45) is 11.3 Å². The van der Waals surface area contributed by atoms with Crippen molar-refractivity contribution < 1.29 is 14.3 Å². The Hall–Kier alpha value is -0.910. The second-order valence-electron chi connectivity index (χ2n) is 7.31. The molecule has 0 radical (unpaired) electrons. The molecular formula is C18H25NO3S. The Morgan fingerprint density at radius 1 is 1.43 bits per heavy atom. The quantitative estimate of drug-likeness (QED) is 0.829. The molecule has 0 bridgehead atoms. The van der Waals surface area contributed by atoms with Gasteiger partial charge in [-0.2, -0.15) is 11.3 Å². The van der Waals surface area contributed by atoms with Crippen LogP contribution in [0.4, 0.5) is 0 Å². The molecule has 1 aromatic heterocycles. The molecule has 1 amide bonds. The highest BCUT2D eigenvalue weighted by Gasteiger charge is 2.47. The van der Waals surface area contributed by atoms with Gasteiger partial charge in [0.2, 0.25) is 0 Å². The lowest BCUT2D eigenvalue weighted by molar-refractivity contribution is -0.147. The fourth-order valence-corrected chi connectivity index (χ4v) is 4.59. The van der Waals surface area contributed by atoms with Gasteiger partial charge in [-0.15, -0.1) is 0 Å². The highest BCUT2D eigenvalue weighted by atomic mass is 32.1. The van der Waals surface area contributed by atoms with Crippen LogP contribution in [0.1, 0.15) is 42.5 Å². The van der Waals surface area contributed by atoms with Gasteiger partial charge in [0.25, 0.3) is 5.91 Å². The summed E-state index contributed by atoms with van der Waals surface area (Å²) >= 11 is 1.58. The Balaban J connectivity index is 1.46. The van der Waals surface area contributed by atoms with Gasteiger partial charge in [0.05, 0.1) is 18.3 Å². The highest BCUT2D eigenvalue weighted by molar-refractivity contribution is 7.08. The maximum Gasteiger partial charge on any atom is 0.254 e. The molecule has 1 aromatic rings. The number of carbonyl (C=O) groups excluding carboxylic acids is 1. The first-order valence-corrected chi connectivity index (χ1v) is 9.72. The number of nitrogens with zero attached hydrogens (tertiary/aromatic N) is 1. The minimum atomic E-state index is -0.00291. The standard InChI is InChI=1S/C18H25NO3S/c20-17(15-5-9-23-11-15)19-7-4-16-18(12-19,6-1-8-22-16)13-21-10-14-2-3-14/h5,9,11,14,16H,1-4,6-8,10,12-13H2/t16-,18+/m1/s1. The molecule has 2 aliphatic heterocycles. The lowest BCUT2D eigenvalue weighted by atomic mass is 9.73. The van der Waals surface area contributed by atoms with Gasteiger partial charge in [-0.1, -0.05) is 0 Å². The molecule has 5 heteroatoms. The summed E-state index contributed by atoms with van der Waals surface area (Å²) in [5.74, 6) is 0.943. The predicted molar refractivity (Wildman–Crippen MR) is 89.8 cm³/mol. The molecule has 4 rings (SSSR count). The molecule has 4 nitrogen and oxygen atoms in total. The van der Waals surface area contributed by atoms with Crippen LogP contribution in [-0.4, -0.2) is 49.8 Å². The first-order valence-electron chi connectivity index (χ1n) is 8.78. The number of thiophene rings is 1. The second kappa shape index (κ2) is 6.54. The molecule has 3 heterocycles. The van der Waals surface area contributed by atoms with E-state index in [1.165, 1.54) is 12.8 Å². The number of hydrogen-bond donors (Lipinski definition) is 0. The van der Waals surface area contributed by atoms with Crippen LogP contribution in [0.3, 0.4) is 0 Å². The summed E-state index contributed by atoms with van der Waals surface area (Å²) < 4.78 is 12.1. The number of carbonyl (C=O) groups is 1. The summed E-state index contributed by atoms with van der Waals surface area (Å²) in [6.07, 6.45) is 6.00. The summed E-state index contributed by atoms with van der Waals surface area (Å²) in [5.41, 5.74) is 0.816. The maximum absolute atomic E-state index is 12.7. The minimum Gasteiger partial charge on any atom is -0.380 e. The van der Waals surface area contributed by atoms with Crippen molar-refractivity contribution >= 4 is 17.2 Å². The molecule has 126 valence electrons. The molecular weight excluding hydrogens is 310 g/mol. The Labute approximate surface area is 141 Å². The molecule has 1 saturated carbocycles. The normalized spacial score (nSPS) is 31.0. The van der Waals surface area contributed by atoms with Crippen LogP contribution < -0.4 is 0 Å². The topological polar surface area (TPSA) is 38.8 Å². The third kappa shape index (κ3) is 3.32. The maximum atomic E-state index is 12.7. The number of likely N-dealkylation sites (tertiary alicyclic amines) is 1. The molecule has 2 saturated heterocycles. The molecule has 0 spiro atoms. The Bertz CT molecular complexity index is 542. The van der Waals surface area contributed by atoms with Crippen LogP contribution in [0.2, 0.25) is 0 Å². The molecule has 0 aromatic carbocycles. The monoisotopic (exact) mass is 335 g/mol. The fraction of sp³-hybridized carbons (Fsp3) is 0.722. The number of rotatable bonds is 5. The van der Waals surface area contributed by atoms with Gasteiger partial charge in [-0.3, -0.25) is 4.79 Å². The van der Waals surface area contributed by atoms with E-state index < -0.39 is 0 Å². The van der Waals surface area contributed by atoms with Crippen molar-refractivity contribution in [3.05, 3.63) is 22.4 Å². The number of piperidine rings is 1. The van der Waals surface area contributed by atoms with Crippen LogP contribution in [0, 0.1) is 11.3 Å². The van der Waals surface area contributed by atoms with Gasteiger partial charge >= 0.3 is 0 Å². The van der Waals surface area contributed by atoms with Crippen molar-refractivity contribution in [3.63, 3.8) is 0 Å². The highest BCUT2D eigenvalue weighted by Crippen LogP contribution is 2.41. The van der Waals surface area contributed by atoms with Gasteiger partial charge in [-0.05, 0) is 49.5 Å². The molecule has 1 aliphatic carbocycles. The second-order valence-corrected chi connectivity index (χ2v) is 8.09. The molecule has 3 aliphatic rings. The number of fused-ring (bicyclic) bond motifs is 1. The lowest BCUT2D eigenvalue weighted by Crippen LogP contribution is -2.58. The zero-order chi connectivity index (χ0) is 15.7. The molecule has 3 fully saturated rings. The van der Waals surface area contributed by atoms with Crippen molar-refractivity contribution in [2.75, 3.05) is 32.9 Å². The summed E-state index contributed by atoms with van der Waals surface area (Å²) in [4.78, 5) is 14.7. The van der Waals surface area contributed by atoms with E-state index in [2.05, 4.69) is 0 Å². The Morgan fingerprint density at radius 2 is 2.35 bits per heavy atom. The average molecular weight is 335 g/mol. The zero-order valence-electron chi connectivity index (χ0n) is 13.5.